The van der Waals surface area contributed by atoms with E-state index < -0.39 is 11.9 Å². The lowest BCUT2D eigenvalue weighted by molar-refractivity contribution is -0.141. The van der Waals surface area contributed by atoms with Gasteiger partial charge in [-0.05, 0) is 18.1 Å². The SMILES string of the molecule is Cc1ccccc1C(C)(C)CNC(=O)N(C)CC(C)C(=O)O. The normalized spacial score (nSPS) is 12.6. The van der Waals surface area contributed by atoms with Crippen LogP contribution in [0.2, 0.25) is 0 Å². The van der Waals surface area contributed by atoms with Crippen LogP contribution in [0.1, 0.15) is 31.9 Å². The second-order valence-electron chi connectivity index (χ2n) is 6.48. The van der Waals surface area contributed by atoms with E-state index in [2.05, 4.69) is 38.2 Å². The minimum absolute atomic E-state index is 0.186. The summed E-state index contributed by atoms with van der Waals surface area (Å²) in [5.74, 6) is -1.49. The maximum atomic E-state index is 12.1. The number of nitrogens with one attached hydrogen (secondary N) is 1. The summed E-state index contributed by atoms with van der Waals surface area (Å²) >= 11 is 0. The maximum absolute atomic E-state index is 12.1. The molecule has 1 atom stereocenters. The van der Waals surface area contributed by atoms with Gasteiger partial charge in [0, 0.05) is 25.6 Å². The van der Waals surface area contributed by atoms with Gasteiger partial charge in [-0.2, -0.15) is 0 Å². The molecule has 0 aliphatic carbocycles. The fraction of sp³-hybridized carbons (Fsp3) is 0.529. The third-order valence-electron chi connectivity index (χ3n) is 3.87. The van der Waals surface area contributed by atoms with E-state index in [1.165, 1.54) is 16.0 Å². The number of hydrogen-bond acceptors (Lipinski definition) is 2. The molecule has 0 aliphatic rings. The number of carboxylic acid groups (broad SMARTS) is 1. The number of urea groups is 1. The van der Waals surface area contributed by atoms with Gasteiger partial charge in [0.1, 0.15) is 0 Å². The summed E-state index contributed by atoms with van der Waals surface area (Å²) in [5.41, 5.74) is 2.19. The Bertz CT molecular complexity index is 540. The fourth-order valence-electron chi connectivity index (χ4n) is 2.43. The molecule has 0 radical (unpaired) electrons. The Kier molecular flexibility index (Phi) is 5.97. The number of benzene rings is 1. The first-order valence-electron chi connectivity index (χ1n) is 7.43. The highest BCUT2D eigenvalue weighted by Gasteiger charge is 2.24. The average Bonchev–Trinajstić information content (AvgIpc) is 2.44. The molecular formula is C17H26N2O3. The van der Waals surface area contributed by atoms with Gasteiger partial charge in [0.05, 0.1) is 5.92 Å². The molecule has 0 bridgehead atoms. The van der Waals surface area contributed by atoms with Gasteiger partial charge in [0.15, 0.2) is 0 Å². The standard InChI is InChI=1S/C17H26N2O3/c1-12-8-6-7-9-14(12)17(3,4)11-18-16(22)19(5)10-13(2)15(20)21/h6-9,13H,10-11H2,1-5H3,(H,18,22)(H,20,21). The van der Waals surface area contributed by atoms with Gasteiger partial charge in [-0.25, -0.2) is 4.79 Å². The third kappa shape index (κ3) is 4.76. The van der Waals surface area contributed by atoms with E-state index in [0.29, 0.717) is 6.54 Å². The molecule has 1 rings (SSSR count). The molecule has 0 spiro atoms. The Balaban J connectivity index is 2.63. The molecular weight excluding hydrogens is 280 g/mol. The molecule has 0 saturated heterocycles. The highest BCUT2D eigenvalue weighted by molar-refractivity contribution is 5.75. The van der Waals surface area contributed by atoms with Gasteiger partial charge >= 0.3 is 12.0 Å². The van der Waals surface area contributed by atoms with E-state index in [4.69, 9.17) is 5.11 Å². The number of rotatable bonds is 6. The molecule has 5 nitrogen and oxygen atoms in total. The van der Waals surface area contributed by atoms with Gasteiger partial charge in [-0.15, -0.1) is 0 Å². The molecule has 2 N–H and O–H groups in total. The van der Waals surface area contributed by atoms with E-state index in [1.807, 2.05) is 12.1 Å². The molecule has 0 heterocycles. The molecule has 22 heavy (non-hydrogen) atoms. The van der Waals surface area contributed by atoms with Crippen LogP contribution in [0.25, 0.3) is 0 Å². The topological polar surface area (TPSA) is 69.6 Å². The van der Waals surface area contributed by atoms with Crippen molar-refractivity contribution >= 4 is 12.0 Å². The predicted molar refractivity (Wildman–Crippen MR) is 87.0 cm³/mol. The smallest absolute Gasteiger partial charge is 0.317 e. The summed E-state index contributed by atoms with van der Waals surface area (Å²) in [4.78, 5) is 24.3. The van der Waals surface area contributed by atoms with Crippen molar-refractivity contribution < 1.29 is 14.7 Å². The zero-order valence-corrected chi connectivity index (χ0v) is 14.0. The number of nitrogens with zero attached hydrogens (tertiary/aromatic N) is 1. The van der Waals surface area contributed by atoms with Gasteiger partial charge in [-0.3, -0.25) is 4.79 Å². The summed E-state index contributed by atoms with van der Waals surface area (Å²) in [6, 6.07) is 7.85. The summed E-state index contributed by atoms with van der Waals surface area (Å²) in [6.07, 6.45) is 0. The second-order valence-corrected chi connectivity index (χ2v) is 6.48. The quantitative estimate of drug-likeness (QED) is 0.849. The van der Waals surface area contributed by atoms with Gasteiger partial charge in [0.2, 0.25) is 0 Å². The number of carbonyl (C=O) groups is 2. The first kappa shape index (κ1) is 18.0. The van der Waals surface area contributed by atoms with Gasteiger partial charge < -0.3 is 15.3 Å². The van der Waals surface area contributed by atoms with E-state index in [-0.39, 0.29) is 18.0 Å². The van der Waals surface area contributed by atoms with Crippen LogP contribution in [-0.2, 0) is 10.2 Å². The molecule has 5 heteroatoms. The molecule has 0 aromatic heterocycles. The number of amides is 2. The molecule has 0 aliphatic heterocycles. The van der Waals surface area contributed by atoms with E-state index in [0.717, 1.165) is 0 Å². The van der Waals surface area contributed by atoms with Crippen molar-refractivity contribution in [3.8, 4) is 0 Å². The molecule has 0 fully saturated rings. The van der Waals surface area contributed by atoms with Crippen molar-refractivity contribution in [2.45, 2.75) is 33.1 Å². The second kappa shape index (κ2) is 7.29. The maximum Gasteiger partial charge on any atom is 0.317 e. The van der Waals surface area contributed by atoms with Crippen molar-refractivity contribution in [1.29, 1.82) is 0 Å². The van der Waals surface area contributed by atoms with Crippen LogP contribution in [0.3, 0.4) is 0 Å². The summed E-state index contributed by atoms with van der Waals surface area (Å²) in [5, 5.41) is 11.8. The van der Waals surface area contributed by atoms with Crippen molar-refractivity contribution in [2.75, 3.05) is 20.1 Å². The molecule has 2 amide bonds. The lowest BCUT2D eigenvalue weighted by Gasteiger charge is -2.29. The Morgan fingerprint density at radius 3 is 2.45 bits per heavy atom. The zero-order chi connectivity index (χ0) is 16.9. The van der Waals surface area contributed by atoms with Gasteiger partial charge in [-0.1, -0.05) is 45.0 Å². The van der Waals surface area contributed by atoms with Crippen LogP contribution in [0.4, 0.5) is 4.79 Å². The van der Waals surface area contributed by atoms with Crippen molar-refractivity contribution in [3.05, 3.63) is 35.4 Å². The molecule has 1 aromatic carbocycles. The van der Waals surface area contributed by atoms with Crippen LogP contribution in [0.15, 0.2) is 24.3 Å². The zero-order valence-electron chi connectivity index (χ0n) is 14.0. The van der Waals surface area contributed by atoms with E-state index >= 15 is 0 Å². The van der Waals surface area contributed by atoms with Crippen molar-refractivity contribution in [1.82, 2.24) is 10.2 Å². The number of carboxylic acids is 1. The number of hydrogen-bond donors (Lipinski definition) is 2. The minimum Gasteiger partial charge on any atom is -0.481 e. The Morgan fingerprint density at radius 2 is 1.91 bits per heavy atom. The summed E-state index contributed by atoms with van der Waals surface area (Å²) in [7, 11) is 1.61. The van der Waals surface area contributed by atoms with Gasteiger partial charge in [0.25, 0.3) is 0 Å². The highest BCUT2D eigenvalue weighted by atomic mass is 16.4. The van der Waals surface area contributed by atoms with Crippen LogP contribution >= 0.6 is 0 Å². The Morgan fingerprint density at radius 1 is 1.32 bits per heavy atom. The monoisotopic (exact) mass is 306 g/mol. The van der Waals surface area contributed by atoms with E-state index in [9.17, 15) is 9.59 Å². The Labute approximate surface area is 132 Å². The van der Waals surface area contributed by atoms with Crippen LogP contribution in [0, 0.1) is 12.8 Å². The number of aliphatic carboxylic acids is 1. The molecule has 122 valence electrons. The molecule has 1 unspecified atom stereocenters. The first-order valence-corrected chi connectivity index (χ1v) is 7.43. The number of carbonyl (C=O) groups excluding carboxylic acids is 1. The average molecular weight is 306 g/mol. The van der Waals surface area contributed by atoms with E-state index in [1.54, 1.807) is 14.0 Å². The summed E-state index contributed by atoms with van der Waals surface area (Å²) < 4.78 is 0. The third-order valence-corrected chi connectivity index (χ3v) is 3.87. The van der Waals surface area contributed by atoms with Crippen molar-refractivity contribution in [2.24, 2.45) is 5.92 Å². The fourth-order valence-corrected chi connectivity index (χ4v) is 2.43. The predicted octanol–water partition coefficient (Wildman–Crippen LogP) is 2.63. The largest absolute Gasteiger partial charge is 0.481 e. The first-order chi connectivity index (χ1) is 10.1. The minimum atomic E-state index is -0.903. The van der Waals surface area contributed by atoms with Crippen LogP contribution < -0.4 is 5.32 Å². The van der Waals surface area contributed by atoms with Crippen molar-refractivity contribution in [3.63, 3.8) is 0 Å². The molecule has 1 aromatic rings. The lowest BCUT2D eigenvalue weighted by Crippen LogP contribution is -2.45. The Hall–Kier alpha value is -2.04. The lowest BCUT2D eigenvalue weighted by atomic mass is 9.82. The summed E-state index contributed by atoms with van der Waals surface area (Å²) in [6.45, 7) is 8.47. The van der Waals surface area contributed by atoms with Crippen LogP contribution in [0.5, 0.6) is 0 Å². The number of aryl methyl sites for hydroxylation is 1. The van der Waals surface area contributed by atoms with Crippen LogP contribution in [-0.4, -0.2) is 42.1 Å². The highest BCUT2D eigenvalue weighted by Crippen LogP contribution is 2.25. The molecule has 0 saturated carbocycles.